The molecule has 0 aliphatic carbocycles. The van der Waals surface area contributed by atoms with Crippen LogP contribution in [0.25, 0.3) is 16.6 Å². The van der Waals surface area contributed by atoms with Crippen LogP contribution in [0.4, 0.5) is 14.9 Å². The molecule has 3 saturated heterocycles. The molecule has 1 aromatic heterocycles. The van der Waals surface area contributed by atoms with Gasteiger partial charge < -0.3 is 34.5 Å². The SMILES string of the molecule is O=C(CC1NC(=O)NC1=O)NC1CCN(c2c(F)cc3c(=O)c(C(=O)N4CCOCC4)cn4c3c2Oc2ccccc2-4)C1. The summed E-state index contributed by atoms with van der Waals surface area (Å²) in [6.45, 7) is 2.07. The number of ether oxygens (including phenoxy) is 2. The fourth-order valence-electron chi connectivity index (χ4n) is 6.09. The molecule has 0 radical (unpaired) electrons. The summed E-state index contributed by atoms with van der Waals surface area (Å²) in [7, 11) is 0. The highest BCUT2D eigenvalue weighted by molar-refractivity contribution is 6.06. The van der Waals surface area contributed by atoms with E-state index >= 15 is 4.39 Å². The second kappa shape index (κ2) is 10.4. The highest BCUT2D eigenvalue weighted by atomic mass is 19.1. The van der Waals surface area contributed by atoms with Gasteiger partial charge in [-0.25, -0.2) is 9.18 Å². The summed E-state index contributed by atoms with van der Waals surface area (Å²) in [6.07, 6.45) is 1.77. The maximum absolute atomic E-state index is 16.0. The van der Waals surface area contributed by atoms with E-state index in [1.807, 2.05) is 0 Å². The maximum Gasteiger partial charge on any atom is 0.322 e. The van der Waals surface area contributed by atoms with Crippen LogP contribution in [0.15, 0.2) is 41.3 Å². The summed E-state index contributed by atoms with van der Waals surface area (Å²) < 4.78 is 29.3. The number of benzene rings is 2. The number of carbonyl (C=O) groups is 4. The number of morpholine rings is 1. The monoisotopic (exact) mass is 590 g/mol. The van der Waals surface area contributed by atoms with E-state index in [-0.39, 0.29) is 41.4 Å². The summed E-state index contributed by atoms with van der Waals surface area (Å²) in [6, 6.07) is 6.30. The molecule has 3 aromatic rings. The van der Waals surface area contributed by atoms with E-state index in [0.717, 1.165) is 6.07 Å². The number of fused-ring (bicyclic) bond motifs is 2. The first kappa shape index (κ1) is 26.9. The normalized spacial score (nSPS) is 20.9. The minimum atomic E-state index is -0.947. The molecular weight excluding hydrogens is 563 g/mol. The Morgan fingerprint density at radius 1 is 1.09 bits per heavy atom. The second-order valence-corrected chi connectivity index (χ2v) is 10.9. The van der Waals surface area contributed by atoms with Crippen molar-refractivity contribution in [1.29, 1.82) is 0 Å². The number of urea groups is 1. The molecule has 5 amide bonds. The molecule has 2 atom stereocenters. The Morgan fingerprint density at radius 2 is 1.88 bits per heavy atom. The van der Waals surface area contributed by atoms with E-state index in [1.54, 1.807) is 38.6 Å². The van der Waals surface area contributed by atoms with Crippen molar-refractivity contribution in [2.75, 3.05) is 44.3 Å². The fraction of sp³-hybridized carbons (Fsp3) is 0.345. The minimum Gasteiger partial charge on any atom is -0.451 e. The molecule has 43 heavy (non-hydrogen) atoms. The highest BCUT2D eigenvalue weighted by Crippen LogP contribution is 2.47. The van der Waals surface area contributed by atoms with Gasteiger partial charge >= 0.3 is 6.03 Å². The van der Waals surface area contributed by atoms with Crippen molar-refractivity contribution in [2.24, 2.45) is 0 Å². The van der Waals surface area contributed by atoms with Gasteiger partial charge in [0.2, 0.25) is 11.3 Å². The maximum atomic E-state index is 16.0. The van der Waals surface area contributed by atoms with Crippen LogP contribution in [0.5, 0.6) is 11.5 Å². The van der Waals surface area contributed by atoms with Gasteiger partial charge in [0.05, 0.1) is 30.7 Å². The van der Waals surface area contributed by atoms with Gasteiger partial charge in [0.15, 0.2) is 17.3 Å². The topological polar surface area (TPSA) is 151 Å². The van der Waals surface area contributed by atoms with Crippen molar-refractivity contribution >= 4 is 40.3 Å². The van der Waals surface area contributed by atoms with Gasteiger partial charge in [-0.15, -0.1) is 0 Å². The first-order chi connectivity index (χ1) is 20.8. The zero-order valence-corrected chi connectivity index (χ0v) is 22.9. The molecule has 14 heteroatoms. The summed E-state index contributed by atoms with van der Waals surface area (Å²) >= 11 is 0. The Kier molecular flexibility index (Phi) is 6.49. The van der Waals surface area contributed by atoms with Gasteiger partial charge in [0, 0.05) is 38.4 Å². The third-order valence-electron chi connectivity index (χ3n) is 8.15. The molecule has 3 N–H and O–H groups in total. The molecule has 3 fully saturated rings. The molecule has 0 spiro atoms. The average molecular weight is 591 g/mol. The van der Waals surface area contributed by atoms with Gasteiger partial charge in [-0.2, -0.15) is 0 Å². The predicted octanol–water partition coefficient (Wildman–Crippen LogP) is 1.00. The molecule has 2 aromatic carbocycles. The molecule has 5 heterocycles. The standard InChI is InChI=1S/C29H27FN6O7/c30-18-11-16-23-26(24(18)35-6-5-15(13-35)31-22(37)12-19-27(39)33-29(41)32-19)43-21-4-2-1-3-20(21)36(23)14-17(25(16)38)28(40)34-7-9-42-10-8-34/h1-4,11,14-15,19H,5-10,12-13H2,(H,31,37)(H2,32,33,39,41). The molecule has 0 bridgehead atoms. The Labute approximate surface area is 243 Å². The zero-order chi connectivity index (χ0) is 29.8. The molecule has 4 aliphatic heterocycles. The summed E-state index contributed by atoms with van der Waals surface area (Å²) in [5.41, 5.74) is 0.422. The van der Waals surface area contributed by atoms with E-state index in [2.05, 4.69) is 16.0 Å². The van der Waals surface area contributed by atoms with Crippen LogP contribution in [0, 0.1) is 5.82 Å². The molecule has 2 unspecified atom stereocenters. The van der Waals surface area contributed by atoms with Crippen LogP contribution in [-0.2, 0) is 14.3 Å². The molecule has 13 nitrogen and oxygen atoms in total. The van der Waals surface area contributed by atoms with E-state index < -0.39 is 41.0 Å². The summed E-state index contributed by atoms with van der Waals surface area (Å²) in [5.74, 6) is -1.55. The van der Waals surface area contributed by atoms with Crippen molar-refractivity contribution in [3.63, 3.8) is 0 Å². The Morgan fingerprint density at radius 3 is 2.65 bits per heavy atom. The smallest absolute Gasteiger partial charge is 0.322 e. The fourth-order valence-corrected chi connectivity index (χ4v) is 6.09. The minimum absolute atomic E-state index is 0.0193. The lowest BCUT2D eigenvalue weighted by atomic mass is 10.1. The largest absolute Gasteiger partial charge is 0.451 e. The molecule has 7 rings (SSSR count). The van der Waals surface area contributed by atoms with E-state index in [0.29, 0.717) is 56.2 Å². The van der Waals surface area contributed by atoms with Crippen LogP contribution >= 0.6 is 0 Å². The number of carbonyl (C=O) groups excluding carboxylic acids is 4. The number of nitrogens with one attached hydrogen (secondary N) is 3. The number of rotatable bonds is 5. The van der Waals surface area contributed by atoms with Crippen LogP contribution in [0.3, 0.4) is 0 Å². The number of hydrogen-bond acceptors (Lipinski definition) is 8. The van der Waals surface area contributed by atoms with E-state index in [4.69, 9.17) is 9.47 Å². The van der Waals surface area contributed by atoms with Gasteiger partial charge in [-0.05, 0) is 24.6 Å². The molecule has 0 saturated carbocycles. The van der Waals surface area contributed by atoms with Gasteiger partial charge in [0.25, 0.3) is 11.8 Å². The van der Waals surface area contributed by atoms with Crippen molar-refractivity contribution < 1.29 is 33.0 Å². The van der Waals surface area contributed by atoms with Gasteiger partial charge in [0.1, 0.15) is 22.8 Å². The number of pyridine rings is 1. The lowest BCUT2D eigenvalue weighted by molar-refractivity contribution is -0.126. The zero-order valence-electron chi connectivity index (χ0n) is 22.9. The van der Waals surface area contributed by atoms with Crippen LogP contribution in [0.2, 0.25) is 0 Å². The first-order valence-corrected chi connectivity index (χ1v) is 14.0. The number of aromatic nitrogens is 1. The first-order valence-electron chi connectivity index (χ1n) is 14.0. The number of imide groups is 1. The lowest BCUT2D eigenvalue weighted by Gasteiger charge is -2.30. The third-order valence-corrected chi connectivity index (χ3v) is 8.15. The quantitative estimate of drug-likeness (QED) is 0.292. The molecule has 222 valence electrons. The Balaban J connectivity index is 1.23. The average Bonchev–Trinajstić information content (AvgIpc) is 3.58. The van der Waals surface area contributed by atoms with Crippen molar-refractivity contribution in [3.8, 4) is 17.2 Å². The van der Waals surface area contributed by atoms with Crippen LogP contribution < -0.4 is 31.0 Å². The Bertz CT molecular complexity index is 1770. The molecular formula is C29H27FN6O7. The second-order valence-electron chi connectivity index (χ2n) is 10.9. The van der Waals surface area contributed by atoms with Crippen LogP contribution in [-0.4, -0.2) is 84.7 Å². The van der Waals surface area contributed by atoms with E-state index in [1.165, 1.54) is 6.20 Å². The lowest BCUT2D eigenvalue weighted by Crippen LogP contribution is -2.42. The number of amides is 5. The number of nitrogens with zero attached hydrogens (tertiary/aromatic N) is 3. The van der Waals surface area contributed by atoms with Gasteiger partial charge in [-0.3, -0.25) is 24.5 Å². The van der Waals surface area contributed by atoms with E-state index in [9.17, 15) is 24.0 Å². The van der Waals surface area contributed by atoms with Crippen LogP contribution in [0.1, 0.15) is 23.2 Å². The number of hydrogen-bond donors (Lipinski definition) is 3. The number of halogens is 1. The summed E-state index contributed by atoms with van der Waals surface area (Å²) in [5, 5.41) is 7.36. The highest BCUT2D eigenvalue weighted by Gasteiger charge is 2.36. The van der Waals surface area contributed by atoms with Gasteiger partial charge in [-0.1, -0.05) is 12.1 Å². The molecule has 4 aliphatic rings. The van der Waals surface area contributed by atoms with Crippen molar-refractivity contribution in [3.05, 3.63) is 58.1 Å². The summed E-state index contributed by atoms with van der Waals surface area (Å²) in [4.78, 5) is 66.2. The number of para-hydroxylation sites is 2. The number of anilines is 1. The predicted molar refractivity (Wildman–Crippen MR) is 150 cm³/mol. The Hall–Kier alpha value is -4.98. The van der Waals surface area contributed by atoms with Crippen molar-refractivity contribution in [2.45, 2.75) is 24.9 Å². The third kappa shape index (κ3) is 4.63. The van der Waals surface area contributed by atoms with Crippen molar-refractivity contribution in [1.82, 2.24) is 25.4 Å².